The largest absolute Gasteiger partial charge is 0.483 e. The van der Waals surface area contributed by atoms with Crippen molar-refractivity contribution >= 4 is 29.6 Å². The number of hydrogen-bond acceptors (Lipinski definition) is 7. The van der Waals surface area contributed by atoms with Crippen LogP contribution in [0.4, 0.5) is 0 Å². The van der Waals surface area contributed by atoms with E-state index in [9.17, 15) is 14.7 Å². The van der Waals surface area contributed by atoms with Gasteiger partial charge in [0.1, 0.15) is 23.0 Å². The minimum atomic E-state index is -1.16. The van der Waals surface area contributed by atoms with Crippen LogP contribution in [0.15, 0.2) is 45.0 Å². The summed E-state index contributed by atoms with van der Waals surface area (Å²) < 4.78 is 16.3. The van der Waals surface area contributed by atoms with Gasteiger partial charge in [-0.05, 0) is 32.0 Å². The van der Waals surface area contributed by atoms with Gasteiger partial charge in [-0.15, -0.1) is 12.6 Å². The molecule has 1 aliphatic heterocycles. The highest BCUT2D eigenvalue weighted by atomic mass is 32.1. The molecule has 0 bridgehead atoms. The molecular formula is C17H16O6S. The van der Waals surface area contributed by atoms with Gasteiger partial charge in [-0.1, -0.05) is 6.58 Å². The Labute approximate surface area is 143 Å². The predicted octanol–water partition coefficient (Wildman–Crippen LogP) is 2.35. The van der Waals surface area contributed by atoms with E-state index in [4.69, 9.17) is 13.9 Å². The van der Waals surface area contributed by atoms with Crippen LogP contribution in [0.5, 0.6) is 5.75 Å². The summed E-state index contributed by atoms with van der Waals surface area (Å²) in [7, 11) is 0. The first-order valence-corrected chi connectivity index (χ1v) is 7.68. The number of hydrogen-bond donors (Lipinski definition) is 2. The van der Waals surface area contributed by atoms with Gasteiger partial charge in [0.25, 0.3) is 0 Å². The summed E-state index contributed by atoms with van der Waals surface area (Å²) in [4.78, 5) is 23.2. The van der Waals surface area contributed by atoms with Gasteiger partial charge in [-0.2, -0.15) is 0 Å². The third kappa shape index (κ3) is 2.70. The second-order valence-electron chi connectivity index (χ2n) is 6.07. The van der Waals surface area contributed by atoms with Crippen LogP contribution in [0, 0.1) is 0 Å². The monoisotopic (exact) mass is 348 g/mol. The lowest BCUT2D eigenvalue weighted by Gasteiger charge is -2.32. The lowest BCUT2D eigenvalue weighted by molar-refractivity contribution is -0.164. The van der Waals surface area contributed by atoms with Crippen molar-refractivity contribution in [3.8, 4) is 5.75 Å². The average Bonchev–Trinajstić information content (AvgIpc) is 2.85. The summed E-state index contributed by atoms with van der Waals surface area (Å²) in [6, 6.07) is 6.31. The number of rotatable bonds is 3. The van der Waals surface area contributed by atoms with E-state index in [1.54, 1.807) is 32.0 Å². The predicted molar refractivity (Wildman–Crippen MR) is 90.2 cm³/mol. The Morgan fingerprint density at radius 2 is 2.00 bits per heavy atom. The molecule has 7 heteroatoms. The molecule has 0 radical (unpaired) electrons. The topological polar surface area (TPSA) is 86.0 Å². The number of esters is 1. The highest BCUT2D eigenvalue weighted by Gasteiger charge is 2.47. The van der Waals surface area contributed by atoms with Crippen LogP contribution in [0.3, 0.4) is 0 Å². The number of carbonyl (C=O) groups is 1. The molecule has 126 valence electrons. The molecule has 0 fully saturated rings. The van der Waals surface area contributed by atoms with Gasteiger partial charge in [-0.25, -0.2) is 9.59 Å². The molecule has 1 aromatic carbocycles. The van der Waals surface area contributed by atoms with E-state index in [0.717, 1.165) is 0 Å². The van der Waals surface area contributed by atoms with Crippen molar-refractivity contribution in [3.63, 3.8) is 0 Å². The molecule has 6 nitrogen and oxygen atoms in total. The van der Waals surface area contributed by atoms with Crippen LogP contribution >= 0.6 is 12.6 Å². The maximum absolute atomic E-state index is 11.8. The van der Waals surface area contributed by atoms with Crippen molar-refractivity contribution < 1.29 is 23.8 Å². The maximum Gasteiger partial charge on any atom is 0.344 e. The molecular weight excluding hydrogens is 332 g/mol. The zero-order valence-corrected chi connectivity index (χ0v) is 14.0. The molecule has 1 N–H and O–H groups in total. The number of benzene rings is 1. The highest BCUT2D eigenvalue weighted by molar-refractivity contribution is 7.85. The number of aliphatic hydroxyl groups excluding tert-OH is 1. The van der Waals surface area contributed by atoms with Crippen molar-refractivity contribution in [2.45, 2.75) is 31.7 Å². The van der Waals surface area contributed by atoms with Crippen LogP contribution < -0.4 is 10.4 Å². The number of fused-ring (bicyclic) bond motifs is 3. The van der Waals surface area contributed by atoms with Crippen LogP contribution in [0.2, 0.25) is 0 Å². The molecule has 2 heterocycles. The summed E-state index contributed by atoms with van der Waals surface area (Å²) in [6.07, 6.45) is -2.01. The van der Waals surface area contributed by atoms with Crippen molar-refractivity contribution in [1.29, 1.82) is 0 Å². The summed E-state index contributed by atoms with van der Waals surface area (Å²) in [6.45, 7) is 6.63. The lowest BCUT2D eigenvalue weighted by atomic mass is 9.93. The zero-order valence-electron chi connectivity index (χ0n) is 13.1. The van der Waals surface area contributed by atoms with E-state index in [2.05, 4.69) is 19.2 Å². The summed E-state index contributed by atoms with van der Waals surface area (Å²) >= 11 is 3.86. The molecule has 2 atom stereocenters. The van der Waals surface area contributed by atoms with E-state index in [1.165, 1.54) is 6.07 Å². The van der Waals surface area contributed by atoms with E-state index in [1.807, 2.05) is 0 Å². The van der Waals surface area contributed by atoms with Gasteiger partial charge >= 0.3 is 11.6 Å². The summed E-state index contributed by atoms with van der Waals surface area (Å²) in [5, 5.41) is 11.4. The Hall–Kier alpha value is -2.25. The molecule has 24 heavy (non-hydrogen) atoms. The second-order valence-corrected chi connectivity index (χ2v) is 6.61. The summed E-state index contributed by atoms with van der Waals surface area (Å²) in [5.41, 5.74) is -1.06. The molecule has 0 spiro atoms. The van der Waals surface area contributed by atoms with E-state index >= 15 is 0 Å². The first-order chi connectivity index (χ1) is 11.2. The third-order valence-electron chi connectivity index (χ3n) is 3.90. The average molecular weight is 348 g/mol. The Balaban J connectivity index is 2.02. The molecule has 1 aromatic heterocycles. The van der Waals surface area contributed by atoms with Crippen molar-refractivity contribution in [3.05, 3.63) is 51.7 Å². The van der Waals surface area contributed by atoms with E-state index < -0.39 is 29.4 Å². The minimum absolute atomic E-state index is 0.0514. The number of thiol groups is 1. The normalized spacial score (nSPS) is 19.7. The fourth-order valence-electron chi connectivity index (χ4n) is 2.75. The van der Waals surface area contributed by atoms with Crippen LogP contribution in [-0.2, 0) is 9.53 Å². The second kappa shape index (κ2) is 5.68. The maximum atomic E-state index is 11.8. The first kappa shape index (κ1) is 16.6. The molecule has 0 saturated heterocycles. The molecule has 0 aliphatic carbocycles. The molecule has 0 amide bonds. The molecule has 3 rings (SSSR count). The molecule has 0 saturated carbocycles. The van der Waals surface area contributed by atoms with Crippen molar-refractivity contribution in [1.82, 2.24) is 0 Å². The van der Waals surface area contributed by atoms with Crippen LogP contribution in [0.1, 0.15) is 25.5 Å². The fraction of sp³-hybridized carbons (Fsp3) is 0.294. The standard InChI is InChI=1S/C17H16O6S/c1-8(24)16(20)23-17(2,3)15-13(19)12-10(21-15)6-4-9-5-7-11(18)22-14(9)12/h4-7,13,15,19,24H,1H2,2-3H3/t13-,15+/m1/s1. The van der Waals surface area contributed by atoms with E-state index in [-0.39, 0.29) is 10.5 Å². The zero-order chi connectivity index (χ0) is 17.6. The van der Waals surface area contributed by atoms with Crippen LogP contribution in [-0.4, -0.2) is 22.8 Å². The molecule has 1 aliphatic rings. The van der Waals surface area contributed by atoms with Gasteiger partial charge in [-0.3, -0.25) is 0 Å². The number of ether oxygens (including phenoxy) is 2. The van der Waals surface area contributed by atoms with Crippen molar-refractivity contribution in [2.24, 2.45) is 0 Å². The Bertz CT molecular complexity index is 898. The minimum Gasteiger partial charge on any atom is -0.483 e. The Morgan fingerprint density at radius 1 is 1.33 bits per heavy atom. The Morgan fingerprint density at radius 3 is 2.67 bits per heavy atom. The molecule has 2 aromatic rings. The quantitative estimate of drug-likeness (QED) is 0.383. The molecule has 0 unspecified atom stereocenters. The van der Waals surface area contributed by atoms with Gasteiger partial charge in [0, 0.05) is 11.5 Å². The highest BCUT2D eigenvalue weighted by Crippen LogP contribution is 2.45. The summed E-state index contributed by atoms with van der Waals surface area (Å²) in [5.74, 6) is -0.324. The van der Waals surface area contributed by atoms with E-state index in [0.29, 0.717) is 16.7 Å². The fourth-order valence-corrected chi connectivity index (χ4v) is 2.79. The smallest absolute Gasteiger partial charge is 0.344 e. The van der Waals surface area contributed by atoms with Gasteiger partial charge in [0.2, 0.25) is 0 Å². The SMILES string of the molecule is C=C(S)C(=O)OC(C)(C)[C@H]1Oc2ccc3ccc(=O)oc3c2[C@H]1O. The Kier molecular flexibility index (Phi) is 3.93. The third-order valence-corrected chi connectivity index (χ3v) is 4.08. The van der Waals surface area contributed by atoms with Gasteiger partial charge < -0.3 is 19.0 Å². The van der Waals surface area contributed by atoms with Crippen LogP contribution in [0.25, 0.3) is 11.0 Å². The van der Waals surface area contributed by atoms with Gasteiger partial charge in [0.05, 0.1) is 10.5 Å². The first-order valence-electron chi connectivity index (χ1n) is 7.23. The number of carbonyl (C=O) groups excluding carboxylic acids is 1. The van der Waals surface area contributed by atoms with Crippen molar-refractivity contribution in [2.75, 3.05) is 0 Å². The number of aliphatic hydroxyl groups is 1. The van der Waals surface area contributed by atoms with Gasteiger partial charge in [0.15, 0.2) is 6.10 Å². The lowest BCUT2D eigenvalue weighted by Crippen LogP contribution is -2.45.